The van der Waals surface area contributed by atoms with Crippen LogP contribution >= 0.6 is 0 Å². The first-order chi connectivity index (χ1) is 16.1. The molecule has 34 heavy (non-hydrogen) atoms. The number of fused-ring (bicyclic) bond motifs is 1. The van der Waals surface area contributed by atoms with E-state index >= 15 is 0 Å². The molecule has 0 unspecified atom stereocenters. The number of hydrogen-bond acceptors (Lipinski definition) is 6. The number of benzene rings is 3. The summed E-state index contributed by atoms with van der Waals surface area (Å²) in [5, 5.41) is 0.320. The number of nitrogens with one attached hydrogen (secondary N) is 1. The second-order valence-corrected chi connectivity index (χ2v) is 9.00. The molecule has 1 aromatic heterocycles. The van der Waals surface area contributed by atoms with Crippen molar-refractivity contribution in [2.24, 2.45) is 0 Å². The molecule has 0 fully saturated rings. The van der Waals surface area contributed by atoms with Gasteiger partial charge in [-0.25, -0.2) is 22.2 Å². The Hall–Kier alpha value is -3.99. The minimum Gasteiger partial charge on any atom is -0.495 e. The molecule has 0 saturated heterocycles. The molecule has 4 aromatic rings. The Morgan fingerprint density at radius 2 is 1.76 bits per heavy atom. The van der Waals surface area contributed by atoms with Crippen LogP contribution in [0.3, 0.4) is 0 Å². The van der Waals surface area contributed by atoms with Crippen LogP contribution in [0.1, 0.15) is 6.92 Å². The van der Waals surface area contributed by atoms with E-state index in [2.05, 4.69) is 9.71 Å². The normalized spacial score (nSPS) is 11.5. The topological polar surface area (TPSA) is 116 Å². The Morgan fingerprint density at radius 1 is 1.06 bits per heavy atom. The molecule has 0 aliphatic heterocycles. The van der Waals surface area contributed by atoms with Crippen LogP contribution < -0.4 is 20.8 Å². The highest BCUT2D eigenvalue weighted by Gasteiger charge is 2.22. The van der Waals surface area contributed by atoms with Crippen molar-refractivity contribution in [2.75, 3.05) is 17.6 Å². The van der Waals surface area contributed by atoms with Gasteiger partial charge in [-0.1, -0.05) is 12.1 Å². The predicted molar refractivity (Wildman–Crippen MR) is 125 cm³/mol. The Labute approximate surface area is 193 Å². The van der Waals surface area contributed by atoms with Crippen LogP contribution in [-0.4, -0.2) is 25.1 Å². The molecule has 3 N–H and O–H groups in total. The Morgan fingerprint density at radius 3 is 2.44 bits per heavy atom. The van der Waals surface area contributed by atoms with Crippen LogP contribution in [0.2, 0.25) is 0 Å². The summed E-state index contributed by atoms with van der Waals surface area (Å²) in [4.78, 5) is 16.8. The predicted octanol–water partition coefficient (Wildman–Crippen LogP) is 3.75. The van der Waals surface area contributed by atoms with Gasteiger partial charge in [0.25, 0.3) is 15.6 Å². The zero-order valence-electron chi connectivity index (χ0n) is 18.2. The van der Waals surface area contributed by atoms with Crippen molar-refractivity contribution in [1.82, 2.24) is 9.55 Å². The van der Waals surface area contributed by atoms with E-state index in [0.29, 0.717) is 34.6 Å². The van der Waals surface area contributed by atoms with Crippen LogP contribution in [0.4, 0.5) is 20.4 Å². The van der Waals surface area contributed by atoms with Gasteiger partial charge in [0.15, 0.2) is 0 Å². The third-order valence-corrected chi connectivity index (χ3v) is 6.65. The maximum Gasteiger partial charge on any atom is 0.265 e. The number of aromatic nitrogens is 2. The van der Waals surface area contributed by atoms with Crippen molar-refractivity contribution < 1.29 is 21.9 Å². The Kier molecular flexibility index (Phi) is 5.96. The molecule has 0 bridgehead atoms. The lowest BCUT2D eigenvalue weighted by molar-refractivity contribution is 0.403. The number of methoxy groups -OCH3 is 1. The second kappa shape index (κ2) is 8.75. The lowest BCUT2D eigenvalue weighted by Crippen LogP contribution is -2.23. The lowest BCUT2D eigenvalue weighted by atomic mass is 10.0. The van der Waals surface area contributed by atoms with Crippen LogP contribution in [-0.2, 0) is 16.6 Å². The molecule has 0 aliphatic rings. The fourth-order valence-electron chi connectivity index (χ4n) is 3.56. The van der Waals surface area contributed by atoms with E-state index < -0.39 is 27.3 Å². The molecule has 1 heterocycles. The highest BCUT2D eigenvalue weighted by atomic mass is 32.2. The number of rotatable bonds is 6. The highest BCUT2D eigenvalue weighted by molar-refractivity contribution is 7.92. The number of hydrogen-bond donors (Lipinski definition) is 2. The quantitative estimate of drug-likeness (QED) is 0.429. The van der Waals surface area contributed by atoms with Crippen molar-refractivity contribution >= 4 is 32.6 Å². The standard InChI is InChI=1S/C23H20F2N4O4S/c1-3-29-22(30)16-10-13(4-7-18(16)27-23(29)26)14-5-9-20(33-2)21(11-14)34(31,32)28-19-8-6-15(24)12-17(19)25/h4-12,28H,3H2,1-2H3,(H2,26,27). The van der Waals surface area contributed by atoms with Gasteiger partial charge in [0.1, 0.15) is 22.3 Å². The van der Waals surface area contributed by atoms with Gasteiger partial charge in [-0.05, 0) is 54.4 Å². The Balaban J connectivity index is 1.82. The van der Waals surface area contributed by atoms with Crippen LogP contribution in [0.5, 0.6) is 5.75 Å². The number of nitrogen functional groups attached to an aromatic ring is 1. The van der Waals surface area contributed by atoms with E-state index in [9.17, 15) is 22.0 Å². The van der Waals surface area contributed by atoms with Crippen molar-refractivity contribution in [3.63, 3.8) is 0 Å². The first-order valence-corrected chi connectivity index (χ1v) is 11.6. The number of halogens is 2. The summed E-state index contributed by atoms with van der Waals surface area (Å²) in [6.07, 6.45) is 0. The van der Waals surface area contributed by atoms with Gasteiger partial charge < -0.3 is 10.5 Å². The first-order valence-electron chi connectivity index (χ1n) is 10.1. The van der Waals surface area contributed by atoms with Crippen molar-refractivity contribution in [1.29, 1.82) is 0 Å². The number of anilines is 2. The molecule has 0 saturated carbocycles. The minimum absolute atomic E-state index is 0.0161. The molecule has 176 valence electrons. The number of sulfonamides is 1. The van der Waals surface area contributed by atoms with Gasteiger partial charge in [-0.15, -0.1) is 0 Å². The Bertz CT molecular complexity index is 1590. The largest absolute Gasteiger partial charge is 0.495 e. The average Bonchev–Trinajstić information content (AvgIpc) is 2.80. The molecule has 0 amide bonds. The molecule has 11 heteroatoms. The summed E-state index contributed by atoms with van der Waals surface area (Å²) in [6.45, 7) is 2.11. The molecule has 0 spiro atoms. The summed E-state index contributed by atoms with van der Waals surface area (Å²) in [5.74, 6) is -1.78. The molecule has 8 nitrogen and oxygen atoms in total. The maximum atomic E-state index is 14.1. The zero-order valence-corrected chi connectivity index (χ0v) is 19.0. The number of ether oxygens (including phenoxy) is 1. The fraction of sp³-hybridized carbons (Fsp3) is 0.130. The third kappa shape index (κ3) is 4.17. The van der Waals surface area contributed by atoms with Gasteiger partial charge in [0.05, 0.1) is 23.7 Å². The van der Waals surface area contributed by atoms with Gasteiger partial charge in [0.2, 0.25) is 5.95 Å². The van der Waals surface area contributed by atoms with Crippen LogP contribution in [0.15, 0.2) is 64.3 Å². The zero-order chi connectivity index (χ0) is 24.6. The van der Waals surface area contributed by atoms with Crippen molar-refractivity contribution in [3.05, 3.63) is 76.6 Å². The highest BCUT2D eigenvalue weighted by Crippen LogP contribution is 2.32. The SMILES string of the molecule is CCn1c(N)nc2ccc(-c3ccc(OC)c(S(=O)(=O)Nc4ccc(F)cc4F)c3)cc2c1=O. The monoisotopic (exact) mass is 486 g/mol. The average molecular weight is 487 g/mol. The lowest BCUT2D eigenvalue weighted by Gasteiger charge is -2.14. The van der Waals surface area contributed by atoms with Crippen LogP contribution in [0.25, 0.3) is 22.0 Å². The molecular weight excluding hydrogens is 466 g/mol. The van der Waals surface area contributed by atoms with E-state index in [1.165, 1.54) is 23.8 Å². The van der Waals surface area contributed by atoms with Gasteiger partial charge in [-0.2, -0.15) is 0 Å². The van der Waals surface area contributed by atoms with Crippen molar-refractivity contribution in [3.8, 4) is 16.9 Å². The molecular formula is C23H20F2N4O4S. The van der Waals surface area contributed by atoms with E-state index in [4.69, 9.17) is 10.5 Å². The van der Waals surface area contributed by atoms with E-state index in [0.717, 1.165) is 12.1 Å². The minimum atomic E-state index is -4.32. The first kappa shape index (κ1) is 23.2. The number of nitrogens with zero attached hydrogens (tertiary/aromatic N) is 2. The van der Waals surface area contributed by atoms with Gasteiger partial charge in [0, 0.05) is 12.6 Å². The molecule has 0 aliphatic carbocycles. The van der Waals surface area contributed by atoms with E-state index in [-0.39, 0.29) is 22.2 Å². The van der Waals surface area contributed by atoms with Crippen molar-refractivity contribution in [2.45, 2.75) is 18.4 Å². The summed E-state index contributed by atoms with van der Waals surface area (Å²) >= 11 is 0. The maximum absolute atomic E-state index is 14.1. The van der Waals surface area contributed by atoms with E-state index in [1.807, 2.05) is 0 Å². The molecule has 0 atom stereocenters. The van der Waals surface area contributed by atoms with E-state index in [1.54, 1.807) is 31.2 Å². The molecule has 0 radical (unpaired) electrons. The van der Waals surface area contributed by atoms with Gasteiger partial charge >= 0.3 is 0 Å². The smallest absolute Gasteiger partial charge is 0.265 e. The fourth-order valence-corrected chi connectivity index (χ4v) is 4.82. The third-order valence-electron chi connectivity index (χ3n) is 5.26. The number of nitrogens with two attached hydrogens (primary N) is 1. The molecule has 4 rings (SSSR count). The summed E-state index contributed by atoms with van der Waals surface area (Å²) in [5.41, 5.74) is 6.53. The summed E-state index contributed by atoms with van der Waals surface area (Å²) in [7, 11) is -3.02. The second-order valence-electron chi connectivity index (χ2n) is 7.35. The summed E-state index contributed by atoms with van der Waals surface area (Å²) < 4.78 is 62.0. The van der Waals surface area contributed by atoms with Crippen LogP contribution in [0, 0.1) is 11.6 Å². The molecule has 3 aromatic carbocycles. The van der Waals surface area contributed by atoms with Gasteiger partial charge in [-0.3, -0.25) is 14.1 Å². The summed E-state index contributed by atoms with van der Waals surface area (Å²) in [6, 6.07) is 11.8.